The van der Waals surface area contributed by atoms with Crippen LogP contribution in [0.2, 0.25) is 0 Å². The molecule has 156 valence electrons. The molecule has 4 heterocycles. The maximum atomic E-state index is 12.9. The molecule has 2 aliphatic rings. The molecule has 0 aliphatic carbocycles. The molecule has 2 aromatic heterocycles. The normalized spacial score (nSPS) is 21.0. The maximum Gasteiger partial charge on any atom is 0.347 e. The lowest BCUT2D eigenvalue weighted by molar-refractivity contribution is 0.251. The number of aromatic nitrogens is 2. The summed E-state index contributed by atoms with van der Waals surface area (Å²) in [4.78, 5) is 27.2. The summed E-state index contributed by atoms with van der Waals surface area (Å²) in [6, 6.07) is 8.45. The highest BCUT2D eigenvalue weighted by Crippen LogP contribution is 2.38. The quantitative estimate of drug-likeness (QED) is 0.645. The number of anilines is 1. The van der Waals surface area contributed by atoms with E-state index in [1.54, 1.807) is 19.4 Å². The number of hydrogen-bond donors (Lipinski definition) is 0. The number of pyridine rings is 1. The number of ether oxygens (including phenoxy) is 1. The summed E-state index contributed by atoms with van der Waals surface area (Å²) in [5, 5.41) is 0.520. The van der Waals surface area contributed by atoms with Crippen molar-refractivity contribution in [2.75, 3.05) is 31.6 Å². The molecule has 0 N–H and O–H groups in total. The van der Waals surface area contributed by atoms with Crippen LogP contribution in [-0.2, 0) is 6.42 Å². The van der Waals surface area contributed by atoms with E-state index in [2.05, 4.69) is 21.7 Å². The van der Waals surface area contributed by atoms with Gasteiger partial charge in [-0.1, -0.05) is 13.8 Å². The first-order valence-electron chi connectivity index (χ1n) is 10.6. The molecule has 2 atom stereocenters. The Morgan fingerprint density at radius 1 is 1.23 bits per heavy atom. The summed E-state index contributed by atoms with van der Waals surface area (Å²) in [7, 11) is 1.62. The molecule has 5 rings (SSSR count). The first-order valence-corrected chi connectivity index (χ1v) is 10.6. The Kier molecular flexibility index (Phi) is 4.70. The number of hydrogen-bond acceptors (Lipinski definition) is 7. The molecular weight excluding hydrogens is 380 g/mol. The number of methoxy groups -OCH3 is 1. The molecule has 7 nitrogen and oxygen atoms in total. The summed E-state index contributed by atoms with van der Waals surface area (Å²) >= 11 is 0. The number of piperazine rings is 1. The molecule has 1 aromatic carbocycles. The highest BCUT2D eigenvalue weighted by molar-refractivity contribution is 5.84. The van der Waals surface area contributed by atoms with Gasteiger partial charge in [-0.3, -0.25) is 4.90 Å². The first kappa shape index (κ1) is 19.1. The third kappa shape index (κ3) is 2.96. The minimum absolute atomic E-state index is 0.307. The van der Waals surface area contributed by atoms with Gasteiger partial charge in [0.05, 0.1) is 23.6 Å². The average Bonchev–Trinajstić information content (AvgIpc) is 3.38. The van der Waals surface area contributed by atoms with Crippen LogP contribution in [0.1, 0.15) is 25.8 Å². The van der Waals surface area contributed by atoms with Crippen LogP contribution in [0.15, 0.2) is 39.7 Å². The molecular formula is C23H26N4O3. The fourth-order valence-corrected chi connectivity index (χ4v) is 4.95. The van der Waals surface area contributed by atoms with E-state index < -0.39 is 0 Å². The summed E-state index contributed by atoms with van der Waals surface area (Å²) < 4.78 is 11.1. The molecule has 0 saturated carbocycles. The predicted octanol–water partition coefficient (Wildman–Crippen LogP) is 3.10. The van der Waals surface area contributed by atoms with Crippen molar-refractivity contribution in [3.63, 3.8) is 0 Å². The Labute approximate surface area is 175 Å². The van der Waals surface area contributed by atoms with Gasteiger partial charge in [-0.25, -0.2) is 14.8 Å². The predicted molar refractivity (Wildman–Crippen MR) is 116 cm³/mol. The van der Waals surface area contributed by atoms with Crippen LogP contribution < -0.4 is 15.3 Å². The number of nitrogens with zero attached hydrogens (tertiary/aromatic N) is 4. The summed E-state index contributed by atoms with van der Waals surface area (Å²) in [5.74, 6) is 1.83. The van der Waals surface area contributed by atoms with Crippen LogP contribution in [0.3, 0.4) is 0 Å². The van der Waals surface area contributed by atoms with Gasteiger partial charge in [0.25, 0.3) is 0 Å². The number of aryl methyl sites for hydroxylation is 1. The molecule has 3 aromatic rings. The van der Waals surface area contributed by atoms with Crippen LogP contribution in [0.4, 0.5) is 5.82 Å². The number of benzene rings is 1. The van der Waals surface area contributed by atoms with Crippen molar-refractivity contribution in [3.8, 4) is 17.2 Å². The van der Waals surface area contributed by atoms with Gasteiger partial charge >= 0.3 is 5.63 Å². The number of rotatable bonds is 5. The third-order valence-corrected chi connectivity index (χ3v) is 6.45. The first-order chi connectivity index (χ1) is 14.6. The highest BCUT2D eigenvalue weighted by Gasteiger charge is 2.43. The lowest BCUT2D eigenvalue weighted by Gasteiger charge is -2.34. The van der Waals surface area contributed by atoms with E-state index >= 15 is 0 Å². The Morgan fingerprint density at radius 3 is 2.80 bits per heavy atom. The van der Waals surface area contributed by atoms with Crippen molar-refractivity contribution in [1.82, 2.24) is 14.9 Å². The number of likely N-dealkylation sites (N-methyl/N-ethyl adjacent to an activating group) is 1. The number of likely N-dealkylation sites (tertiary alicyclic amines) is 1. The van der Waals surface area contributed by atoms with E-state index in [1.165, 1.54) is 0 Å². The molecule has 2 aliphatic heterocycles. The van der Waals surface area contributed by atoms with Gasteiger partial charge in [-0.2, -0.15) is 0 Å². The second-order valence-electron chi connectivity index (χ2n) is 8.00. The Bertz CT molecular complexity index is 1160. The van der Waals surface area contributed by atoms with Crippen LogP contribution in [0.25, 0.3) is 22.4 Å². The van der Waals surface area contributed by atoms with Gasteiger partial charge in [-0.05, 0) is 43.1 Å². The summed E-state index contributed by atoms with van der Waals surface area (Å²) in [6.07, 6.45) is 3.64. The third-order valence-electron chi connectivity index (χ3n) is 6.45. The van der Waals surface area contributed by atoms with Gasteiger partial charge in [0.2, 0.25) is 5.89 Å². The standard InChI is InChI=1S/C23H26N4O3/c1-4-14-9-17(29-3)11-19-20(14)23(28)30-22(25-19)18-7-6-8-24-21(18)27-13-15-10-16(27)12-26(15)5-2/h6-9,11,15-16H,4-5,10,12-13H2,1-3H3. The highest BCUT2D eigenvalue weighted by atomic mass is 16.5. The minimum atomic E-state index is -0.371. The van der Waals surface area contributed by atoms with Gasteiger partial charge in [0, 0.05) is 37.4 Å². The molecule has 0 amide bonds. The van der Waals surface area contributed by atoms with Crippen molar-refractivity contribution < 1.29 is 9.15 Å². The van der Waals surface area contributed by atoms with Gasteiger partial charge in [0.1, 0.15) is 11.6 Å². The second-order valence-corrected chi connectivity index (χ2v) is 8.00. The Morgan fingerprint density at radius 2 is 2.10 bits per heavy atom. The van der Waals surface area contributed by atoms with Crippen LogP contribution >= 0.6 is 0 Å². The van der Waals surface area contributed by atoms with Crippen molar-refractivity contribution in [1.29, 1.82) is 0 Å². The van der Waals surface area contributed by atoms with E-state index in [9.17, 15) is 4.79 Å². The SMILES string of the molecule is CCc1cc(OC)cc2nc(-c3cccnc3N3CC4CC3CN4CC)oc(=O)c12. The average molecular weight is 406 g/mol. The van der Waals surface area contributed by atoms with Gasteiger partial charge in [-0.15, -0.1) is 0 Å². The zero-order valence-corrected chi connectivity index (χ0v) is 17.6. The van der Waals surface area contributed by atoms with E-state index in [4.69, 9.17) is 14.1 Å². The largest absolute Gasteiger partial charge is 0.497 e. The maximum absolute atomic E-state index is 12.9. The van der Waals surface area contributed by atoms with Crippen LogP contribution in [-0.4, -0.2) is 53.7 Å². The molecule has 30 heavy (non-hydrogen) atoms. The van der Waals surface area contributed by atoms with Crippen molar-refractivity contribution in [3.05, 3.63) is 46.4 Å². The Balaban J connectivity index is 1.61. The fourth-order valence-electron chi connectivity index (χ4n) is 4.95. The van der Waals surface area contributed by atoms with Crippen molar-refractivity contribution >= 4 is 16.7 Å². The van der Waals surface area contributed by atoms with E-state index in [0.717, 1.165) is 43.0 Å². The lowest BCUT2D eigenvalue weighted by Crippen LogP contribution is -2.46. The minimum Gasteiger partial charge on any atom is -0.497 e. The monoisotopic (exact) mass is 406 g/mol. The van der Waals surface area contributed by atoms with Crippen LogP contribution in [0.5, 0.6) is 5.75 Å². The second kappa shape index (κ2) is 7.40. The van der Waals surface area contributed by atoms with E-state index in [0.29, 0.717) is 41.0 Å². The summed E-state index contributed by atoms with van der Waals surface area (Å²) in [6.45, 7) is 7.27. The smallest absolute Gasteiger partial charge is 0.347 e. The van der Waals surface area contributed by atoms with Gasteiger partial charge in [0.15, 0.2) is 0 Å². The van der Waals surface area contributed by atoms with Crippen molar-refractivity contribution in [2.45, 2.75) is 38.8 Å². The van der Waals surface area contributed by atoms with Crippen molar-refractivity contribution in [2.24, 2.45) is 0 Å². The summed E-state index contributed by atoms with van der Waals surface area (Å²) in [5.41, 5.74) is 1.85. The molecule has 0 spiro atoms. The van der Waals surface area contributed by atoms with Crippen LogP contribution in [0, 0.1) is 0 Å². The number of fused-ring (bicyclic) bond motifs is 3. The topological polar surface area (TPSA) is 71.7 Å². The fraction of sp³-hybridized carbons (Fsp3) is 0.435. The molecule has 2 bridgehead atoms. The van der Waals surface area contributed by atoms with Gasteiger partial charge < -0.3 is 14.1 Å². The molecule has 2 unspecified atom stereocenters. The molecule has 7 heteroatoms. The molecule has 2 fully saturated rings. The lowest BCUT2D eigenvalue weighted by atomic mass is 10.1. The zero-order valence-electron chi connectivity index (χ0n) is 17.6. The Hall–Kier alpha value is -2.93. The zero-order chi connectivity index (χ0) is 20.8. The van der Waals surface area contributed by atoms with E-state index in [-0.39, 0.29) is 5.63 Å². The van der Waals surface area contributed by atoms with E-state index in [1.807, 2.05) is 25.1 Å². The molecule has 0 radical (unpaired) electrons. The molecule has 2 saturated heterocycles.